The quantitative estimate of drug-likeness (QED) is 0.873. The van der Waals surface area contributed by atoms with Crippen LogP contribution in [0.25, 0.3) is 11.5 Å². The minimum atomic E-state index is -3.16. The molecule has 0 atom stereocenters. The zero-order chi connectivity index (χ0) is 14.2. The molecule has 0 spiro atoms. The monoisotopic (exact) mass is 275 g/mol. The highest BCUT2D eigenvalue weighted by atomic mass is 19.3. The van der Waals surface area contributed by atoms with Crippen LogP contribution < -0.4 is 0 Å². The first-order valence-corrected chi connectivity index (χ1v) is 4.87. The molecule has 2 rings (SSSR count). The van der Waals surface area contributed by atoms with Gasteiger partial charge in [0.05, 0.1) is 0 Å². The standard InChI is InChI=1S/C11H5F4NO3/c12-5-2-1-4(3-6(5)13)10-16-7(9(14)15)8(19-10)11(17)18/h1-3,9H,(H,17,18). The smallest absolute Gasteiger partial charge is 0.374 e. The van der Waals surface area contributed by atoms with Gasteiger partial charge in [0.1, 0.15) is 0 Å². The number of aromatic carboxylic acids is 1. The molecule has 8 heteroatoms. The van der Waals surface area contributed by atoms with Crippen molar-refractivity contribution < 1.29 is 31.9 Å². The van der Waals surface area contributed by atoms with Crippen LogP contribution in [0.1, 0.15) is 22.7 Å². The van der Waals surface area contributed by atoms with Crippen molar-refractivity contribution in [3.8, 4) is 11.5 Å². The van der Waals surface area contributed by atoms with Crippen LogP contribution in [0.5, 0.6) is 0 Å². The van der Waals surface area contributed by atoms with E-state index < -0.39 is 41.4 Å². The van der Waals surface area contributed by atoms with E-state index in [1.807, 2.05) is 0 Å². The molecular formula is C11H5F4NO3. The molecule has 0 amide bonds. The van der Waals surface area contributed by atoms with Crippen LogP contribution in [0.3, 0.4) is 0 Å². The van der Waals surface area contributed by atoms with E-state index in [1.54, 1.807) is 0 Å². The van der Waals surface area contributed by atoms with Crippen LogP contribution in [-0.2, 0) is 0 Å². The number of hydrogen-bond acceptors (Lipinski definition) is 3. The maximum absolute atomic E-state index is 13.0. The molecule has 0 fully saturated rings. The highest BCUT2D eigenvalue weighted by Crippen LogP contribution is 2.28. The molecule has 4 nitrogen and oxygen atoms in total. The van der Waals surface area contributed by atoms with E-state index in [-0.39, 0.29) is 5.56 Å². The van der Waals surface area contributed by atoms with Crippen molar-refractivity contribution in [1.29, 1.82) is 0 Å². The summed E-state index contributed by atoms with van der Waals surface area (Å²) in [5.41, 5.74) is -1.21. The number of carbonyl (C=O) groups is 1. The third-order valence-corrected chi connectivity index (χ3v) is 2.22. The van der Waals surface area contributed by atoms with Crippen LogP contribution in [0, 0.1) is 11.6 Å². The van der Waals surface area contributed by atoms with Gasteiger partial charge in [0.15, 0.2) is 17.3 Å². The third kappa shape index (κ3) is 2.42. The highest BCUT2D eigenvalue weighted by molar-refractivity contribution is 5.86. The fourth-order valence-electron chi connectivity index (χ4n) is 1.39. The van der Waals surface area contributed by atoms with Gasteiger partial charge >= 0.3 is 5.97 Å². The van der Waals surface area contributed by atoms with Crippen LogP contribution in [0.2, 0.25) is 0 Å². The van der Waals surface area contributed by atoms with E-state index >= 15 is 0 Å². The molecule has 19 heavy (non-hydrogen) atoms. The molecule has 0 unspecified atom stereocenters. The van der Waals surface area contributed by atoms with Gasteiger partial charge in [-0.25, -0.2) is 27.3 Å². The van der Waals surface area contributed by atoms with E-state index in [1.165, 1.54) is 0 Å². The lowest BCUT2D eigenvalue weighted by Crippen LogP contribution is -1.99. The first kappa shape index (κ1) is 13.1. The Labute approximate surface area is 103 Å². The van der Waals surface area contributed by atoms with Gasteiger partial charge in [0, 0.05) is 5.56 Å². The number of benzene rings is 1. The topological polar surface area (TPSA) is 63.3 Å². The molecule has 0 saturated carbocycles. The maximum Gasteiger partial charge on any atom is 0.374 e. The second-order valence-electron chi connectivity index (χ2n) is 3.47. The lowest BCUT2D eigenvalue weighted by Gasteiger charge is -1.96. The Morgan fingerprint density at radius 1 is 1.26 bits per heavy atom. The number of hydrogen-bond donors (Lipinski definition) is 1. The van der Waals surface area contributed by atoms with Crippen molar-refractivity contribution in [3.05, 3.63) is 41.3 Å². The lowest BCUT2D eigenvalue weighted by atomic mass is 10.2. The summed E-state index contributed by atoms with van der Waals surface area (Å²) in [6.07, 6.45) is -3.16. The summed E-state index contributed by atoms with van der Waals surface area (Å²) in [4.78, 5) is 14.0. The van der Waals surface area contributed by atoms with Gasteiger partial charge in [0.2, 0.25) is 11.7 Å². The van der Waals surface area contributed by atoms with E-state index in [2.05, 4.69) is 9.40 Å². The van der Waals surface area contributed by atoms with Crippen molar-refractivity contribution in [2.45, 2.75) is 6.43 Å². The minimum absolute atomic E-state index is 0.145. The lowest BCUT2D eigenvalue weighted by molar-refractivity contribution is 0.0647. The zero-order valence-electron chi connectivity index (χ0n) is 9.03. The maximum atomic E-state index is 13.0. The number of rotatable bonds is 3. The summed E-state index contributed by atoms with van der Waals surface area (Å²) in [6.45, 7) is 0. The summed E-state index contributed by atoms with van der Waals surface area (Å²) in [5.74, 6) is -5.65. The van der Waals surface area contributed by atoms with Crippen molar-refractivity contribution in [2.75, 3.05) is 0 Å². The largest absolute Gasteiger partial charge is 0.475 e. The summed E-state index contributed by atoms with van der Waals surface area (Å²) in [7, 11) is 0. The Kier molecular flexibility index (Phi) is 3.24. The van der Waals surface area contributed by atoms with Crippen molar-refractivity contribution in [1.82, 2.24) is 4.98 Å². The number of alkyl halides is 2. The third-order valence-electron chi connectivity index (χ3n) is 2.22. The summed E-state index contributed by atoms with van der Waals surface area (Å²) < 4.78 is 55.4. The first-order valence-electron chi connectivity index (χ1n) is 4.87. The Morgan fingerprint density at radius 2 is 1.95 bits per heavy atom. The molecule has 0 radical (unpaired) electrons. The molecular weight excluding hydrogens is 270 g/mol. The zero-order valence-corrected chi connectivity index (χ0v) is 9.03. The van der Waals surface area contributed by atoms with Crippen LogP contribution in [-0.4, -0.2) is 16.1 Å². The number of oxazole rings is 1. The van der Waals surface area contributed by atoms with Gasteiger partial charge in [-0.1, -0.05) is 0 Å². The average molecular weight is 275 g/mol. The summed E-state index contributed by atoms with van der Waals surface area (Å²) >= 11 is 0. The molecule has 1 heterocycles. The predicted molar refractivity (Wildman–Crippen MR) is 53.8 cm³/mol. The van der Waals surface area contributed by atoms with Gasteiger partial charge in [-0.3, -0.25) is 0 Å². The van der Waals surface area contributed by atoms with E-state index in [0.717, 1.165) is 12.1 Å². The number of carboxylic acids is 1. The second-order valence-corrected chi connectivity index (χ2v) is 3.47. The van der Waals surface area contributed by atoms with Gasteiger partial charge < -0.3 is 9.52 Å². The van der Waals surface area contributed by atoms with E-state index in [0.29, 0.717) is 6.07 Å². The molecule has 1 N–H and O–H groups in total. The van der Waals surface area contributed by atoms with Gasteiger partial charge in [0.25, 0.3) is 6.43 Å². The Balaban J connectivity index is 2.54. The number of nitrogens with zero attached hydrogens (tertiary/aromatic N) is 1. The molecule has 100 valence electrons. The number of halogens is 4. The molecule has 2 aromatic rings. The highest BCUT2D eigenvalue weighted by Gasteiger charge is 2.26. The van der Waals surface area contributed by atoms with Gasteiger partial charge in [-0.05, 0) is 18.2 Å². The molecule has 1 aromatic heterocycles. The Bertz CT molecular complexity index is 639. The second kappa shape index (κ2) is 4.71. The fourth-order valence-corrected chi connectivity index (χ4v) is 1.39. The van der Waals surface area contributed by atoms with Crippen LogP contribution in [0.15, 0.2) is 22.6 Å². The molecule has 0 saturated heterocycles. The van der Waals surface area contributed by atoms with Gasteiger partial charge in [-0.15, -0.1) is 0 Å². The van der Waals surface area contributed by atoms with Gasteiger partial charge in [-0.2, -0.15) is 0 Å². The Morgan fingerprint density at radius 3 is 2.42 bits per heavy atom. The number of aromatic nitrogens is 1. The SMILES string of the molecule is O=C(O)c1oc(-c2ccc(F)c(F)c2)nc1C(F)F. The first-order chi connectivity index (χ1) is 8.90. The summed E-state index contributed by atoms with van der Waals surface area (Å²) in [6, 6.07) is 2.45. The normalized spacial score (nSPS) is 11.0. The molecule has 0 aliphatic heterocycles. The van der Waals surface area contributed by atoms with Crippen molar-refractivity contribution >= 4 is 5.97 Å². The van der Waals surface area contributed by atoms with Crippen molar-refractivity contribution in [2.24, 2.45) is 0 Å². The Hall–Kier alpha value is -2.38. The van der Waals surface area contributed by atoms with Crippen molar-refractivity contribution in [3.63, 3.8) is 0 Å². The molecule has 1 aromatic carbocycles. The number of carboxylic acid groups (broad SMARTS) is 1. The average Bonchev–Trinajstić information content (AvgIpc) is 2.78. The minimum Gasteiger partial charge on any atom is -0.475 e. The molecule has 0 aliphatic rings. The van der Waals surface area contributed by atoms with E-state index in [4.69, 9.17) is 5.11 Å². The van der Waals surface area contributed by atoms with E-state index in [9.17, 15) is 22.4 Å². The fraction of sp³-hybridized carbons (Fsp3) is 0.0909. The molecule has 0 aliphatic carbocycles. The summed E-state index contributed by atoms with van der Waals surface area (Å²) in [5, 5.41) is 8.67. The van der Waals surface area contributed by atoms with Crippen LogP contribution in [0.4, 0.5) is 17.6 Å². The van der Waals surface area contributed by atoms with Crippen LogP contribution >= 0.6 is 0 Å². The molecule has 0 bridgehead atoms. The predicted octanol–water partition coefficient (Wildman–Crippen LogP) is 3.26.